The van der Waals surface area contributed by atoms with Gasteiger partial charge in [0.05, 0.1) is 16.8 Å². The number of hydrogen-bond donors (Lipinski definition) is 1. The van der Waals surface area contributed by atoms with Gasteiger partial charge in [0.2, 0.25) is 0 Å². The molecule has 3 rings (SSSR count). The van der Waals surface area contributed by atoms with Gasteiger partial charge < -0.3 is 4.42 Å². The smallest absolute Gasteiger partial charge is 0.417 e. The Morgan fingerprint density at radius 1 is 1.15 bits per heavy atom. The monoisotopic (exact) mass is 443 g/mol. The van der Waals surface area contributed by atoms with Gasteiger partial charge >= 0.3 is 6.18 Å². The summed E-state index contributed by atoms with van der Waals surface area (Å²) < 4.78 is 43.8. The number of hydrazone groups is 1. The van der Waals surface area contributed by atoms with Crippen molar-refractivity contribution in [3.8, 4) is 11.3 Å². The normalized spacial score (nSPS) is 11.9. The molecule has 0 bridgehead atoms. The number of rotatable bonds is 4. The van der Waals surface area contributed by atoms with E-state index >= 15 is 0 Å². The number of nitrogens with one attached hydrogen (secondary N) is 1. The fourth-order valence-corrected chi connectivity index (χ4v) is 2.44. The van der Waals surface area contributed by atoms with Crippen LogP contribution in [-0.4, -0.2) is 11.2 Å². The summed E-state index contributed by atoms with van der Waals surface area (Å²) in [7, 11) is 0. The van der Waals surface area contributed by atoms with E-state index in [1.165, 1.54) is 12.3 Å². The molecule has 26 heavy (non-hydrogen) atoms. The van der Waals surface area contributed by atoms with E-state index in [0.717, 1.165) is 22.3 Å². The fraction of sp³-hybridized carbons (Fsp3) is 0.0588. The van der Waals surface area contributed by atoms with Gasteiger partial charge in [-0.1, -0.05) is 17.7 Å². The Balaban J connectivity index is 1.66. The summed E-state index contributed by atoms with van der Waals surface area (Å²) in [5, 5.41) is 4.46. The van der Waals surface area contributed by atoms with Crippen LogP contribution in [0.15, 0.2) is 62.7 Å². The van der Waals surface area contributed by atoms with Crippen LogP contribution in [0.1, 0.15) is 11.3 Å². The number of halogens is 5. The topological polar surface area (TPSA) is 50.4 Å². The summed E-state index contributed by atoms with van der Waals surface area (Å²) in [6, 6.07) is 11.0. The van der Waals surface area contributed by atoms with Crippen molar-refractivity contribution in [1.29, 1.82) is 0 Å². The predicted molar refractivity (Wildman–Crippen MR) is 97.3 cm³/mol. The number of anilines is 1. The van der Waals surface area contributed by atoms with E-state index in [9.17, 15) is 13.2 Å². The molecular formula is C17H10BrClF3N3O. The van der Waals surface area contributed by atoms with E-state index in [1.54, 1.807) is 18.2 Å². The van der Waals surface area contributed by atoms with Crippen molar-refractivity contribution < 1.29 is 17.6 Å². The van der Waals surface area contributed by atoms with E-state index in [1.807, 2.05) is 12.1 Å². The van der Waals surface area contributed by atoms with Gasteiger partial charge in [-0.3, -0.25) is 5.43 Å². The molecule has 0 aliphatic rings. The van der Waals surface area contributed by atoms with Crippen LogP contribution in [-0.2, 0) is 6.18 Å². The second-order valence-electron chi connectivity index (χ2n) is 5.13. The minimum Gasteiger partial charge on any atom is -0.455 e. The van der Waals surface area contributed by atoms with Gasteiger partial charge in [-0.15, -0.1) is 0 Å². The quantitative estimate of drug-likeness (QED) is 0.384. The third kappa shape index (κ3) is 4.44. The Bertz CT molecular complexity index is 939. The third-order valence-electron chi connectivity index (χ3n) is 3.29. The van der Waals surface area contributed by atoms with Gasteiger partial charge in [0.15, 0.2) is 0 Å². The van der Waals surface area contributed by atoms with Crippen molar-refractivity contribution >= 4 is 39.6 Å². The number of alkyl halides is 3. The van der Waals surface area contributed by atoms with Gasteiger partial charge in [0.25, 0.3) is 0 Å². The van der Waals surface area contributed by atoms with Crippen LogP contribution in [0, 0.1) is 0 Å². The molecule has 1 N–H and O–H groups in total. The number of nitrogens with zero attached hydrogens (tertiary/aromatic N) is 2. The van der Waals surface area contributed by atoms with Gasteiger partial charge in [0, 0.05) is 16.2 Å². The molecule has 0 saturated carbocycles. The zero-order valence-electron chi connectivity index (χ0n) is 12.9. The Kier molecular flexibility index (Phi) is 5.33. The number of benzene rings is 1. The Morgan fingerprint density at radius 2 is 1.96 bits per heavy atom. The molecule has 0 radical (unpaired) electrons. The molecule has 2 aromatic heterocycles. The standard InChI is InChI=1S/C17H10BrClF3N3O/c18-13-4-1-10(7-14(13)19)15-5-3-12(26-15)9-24-25-16-6-2-11(8-23-16)17(20,21)22/h1-9H,(H,23,25)/b24-9-. The molecular weight excluding hydrogens is 435 g/mol. The lowest BCUT2D eigenvalue weighted by atomic mass is 10.2. The van der Waals surface area contributed by atoms with Crippen molar-refractivity contribution in [3.05, 3.63) is 69.5 Å². The molecule has 3 aromatic rings. The average Bonchev–Trinajstić information content (AvgIpc) is 3.06. The first-order chi connectivity index (χ1) is 12.3. The van der Waals surface area contributed by atoms with Crippen LogP contribution < -0.4 is 5.43 Å². The van der Waals surface area contributed by atoms with E-state index in [0.29, 0.717) is 16.5 Å². The van der Waals surface area contributed by atoms with E-state index in [2.05, 4.69) is 31.4 Å². The second-order valence-corrected chi connectivity index (χ2v) is 6.39. The molecule has 0 amide bonds. The summed E-state index contributed by atoms with van der Waals surface area (Å²) in [6.07, 6.45) is -2.29. The molecule has 0 saturated heterocycles. The summed E-state index contributed by atoms with van der Waals surface area (Å²) in [5.41, 5.74) is 2.52. The van der Waals surface area contributed by atoms with Gasteiger partial charge in [-0.25, -0.2) is 4.98 Å². The highest BCUT2D eigenvalue weighted by Crippen LogP contribution is 2.30. The van der Waals surface area contributed by atoms with Gasteiger partial charge in [0.1, 0.15) is 17.3 Å². The van der Waals surface area contributed by atoms with E-state index < -0.39 is 11.7 Å². The molecule has 1 aromatic carbocycles. The number of aromatic nitrogens is 1. The van der Waals surface area contributed by atoms with Crippen LogP contribution in [0.3, 0.4) is 0 Å². The Labute approximate surface area is 159 Å². The van der Waals surface area contributed by atoms with Crippen LogP contribution in [0.2, 0.25) is 5.02 Å². The van der Waals surface area contributed by atoms with E-state index in [-0.39, 0.29) is 5.82 Å². The van der Waals surface area contributed by atoms with Crippen molar-refractivity contribution in [3.63, 3.8) is 0 Å². The molecule has 0 aliphatic heterocycles. The minimum atomic E-state index is -4.42. The van der Waals surface area contributed by atoms with Crippen molar-refractivity contribution in [2.45, 2.75) is 6.18 Å². The number of pyridine rings is 1. The summed E-state index contributed by atoms with van der Waals surface area (Å²) in [4.78, 5) is 3.65. The maximum Gasteiger partial charge on any atom is 0.417 e. The highest BCUT2D eigenvalue weighted by molar-refractivity contribution is 9.10. The lowest BCUT2D eigenvalue weighted by molar-refractivity contribution is -0.137. The zero-order valence-corrected chi connectivity index (χ0v) is 15.2. The van der Waals surface area contributed by atoms with Crippen LogP contribution in [0.4, 0.5) is 19.0 Å². The molecule has 0 fully saturated rings. The zero-order chi connectivity index (χ0) is 18.7. The lowest BCUT2D eigenvalue weighted by Crippen LogP contribution is -2.05. The molecule has 4 nitrogen and oxygen atoms in total. The Hall–Kier alpha value is -2.32. The van der Waals surface area contributed by atoms with Crippen molar-refractivity contribution in [1.82, 2.24) is 4.98 Å². The first-order valence-electron chi connectivity index (χ1n) is 7.20. The maximum absolute atomic E-state index is 12.5. The lowest BCUT2D eigenvalue weighted by Gasteiger charge is -2.06. The SMILES string of the molecule is FC(F)(F)c1ccc(N/N=C\c2ccc(-c3ccc(Br)c(Cl)c3)o2)nc1. The van der Waals surface area contributed by atoms with Crippen LogP contribution in [0.5, 0.6) is 0 Å². The predicted octanol–water partition coefficient (Wildman–Crippen LogP) is 6.22. The molecule has 9 heteroatoms. The third-order valence-corrected chi connectivity index (χ3v) is 4.53. The first kappa shape index (κ1) is 18.5. The molecule has 2 heterocycles. The largest absolute Gasteiger partial charge is 0.455 e. The first-order valence-corrected chi connectivity index (χ1v) is 8.37. The fourth-order valence-electron chi connectivity index (χ4n) is 2.02. The average molecular weight is 445 g/mol. The highest BCUT2D eigenvalue weighted by Gasteiger charge is 2.30. The molecule has 0 spiro atoms. The van der Waals surface area contributed by atoms with Gasteiger partial charge in [-0.2, -0.15) is 18.3 Å². The highest BCUT2D eigenvalue weighted by atomic mass is 79.9. The summed E-state index contributed by atoms with van der Waals surface area (Å²) in [5.74, 6) is 1.24. The molecule has 0 atom stereocenters. The minimum absolute atomic E-state index is 0.181. The van der Waals surface area contributed by atoms with Crippen LogP contribution in [0.25, 0.3) is 11.3 Å². The Morgan fingerprint density at radius 3 is 2.62 bits per heavy atom. The summed E-state index contributed by atoms with van der Waals surface area (Å²) in [6.45, 7) is 0. The van der Waals surface area contributed by atoms with Crippen molar-refractivity contribution in [2.24, 2.45) is 5.10 Å². The summed E-state index contributed by atoms with van der Waals surface area (Å²) >= 11 is 9.38. The van der Waals surface area contributed by atoms with E-state index in [4.69, 9.17) is 16.0 Å². The second kappa shape index (κ2) is 7.51. The maximum atomic E-state index is 12.5. The van der Waals surface area contributed by atoms with Crippen LogP contribution >= 0.6 is 27.5 Å². The molecule has 134 valence electrons. The van der Waals surface area contributed by atoms with Crippen molar-refractivity contribution in [2.75, 3.05) is 5.43 Å². The molecule has 0 aliphatic carbocycles. The number of furan rings is 1. The van der Waals surface area contributed by atoms with Gasteiger partial charge in [-0.05, 0) is 52.3 Å². The molecule has 0 unspecified atom stereocenters. The number of hydrogen-bond acceptors (Lipinski definition) is 4.